The van der Waals surface area contributed by atoms with Gasteiger partial charge in [0.05, 0.1) is 6.04 Å². The van der Waals surface area contributed by atoms with E-state index in [4.69, 9.17) is 0 Å². The van der Waals surface area contributed by atoms with E-state index in [0.717, 1.165) is 22.2 Å². The zero-order chi connectivity index (χ0) is 18.3. The van der Waals surface area contributed by atoms with Gasteiger partial charge in [-0.3, -0.25) is 9.59 Å². The van der Waals surface area contributed by atoms with Crippen LogP contribution in [-0.2, 0) is 4.79 Å². The molecule has 1 N–H and O–H groups in total. The molecule has 0 aliphatic carbocycles. The predicted molar refractivity (Wildman–Crippen MR) is 102 cm³/mol. The molecule has 0 radical (unpaired) electrons. The van der Waals surface area contributed by atoms with Gasteiger partial charge in [0, 0.05) is 29.5 Å². The van der Waals surface area contributed by atoms with Crippen LogP contribution in [0.5, 0.6) is 0 Å². The Morgan fingerprint density at radius 3 is 2.73 bits per heavy atom. The number of aryl methyl sites for hydroxylation is 1. The standard InChI is InChI=1S/C21H21N3O2/c1-14-5-3-4-6-19(14)24-15(2)12-23(13-20(24)25)21(26)17-8-7-16-9-10-22-18(16)11-17/h3-11,15,22H,12-13H2,1-2H3. The molecule has 26 heavy (non-hydrogen) atoms. The number of para-hydroxylation sites is 1. The number of rotatable bonds is 2. The lowest BCUT2D eigenvalue weighted by atomic mass is 10.1. The topological polar surface area (TPSA) is 56.4 Å². The summed E-state index contributed by atoms with van der Waals surface area (Å²) in [6.45, 7) is 4.60. The average molecular weight is 347 g/mol. The van der Waals surface area contributed by atoms with Gasteiger partial charge in [-0.1, -0.05) is 24.3 Å². The molecule has 5 nitrogen and oxygen atoms in total. The fraction of sp³-hybridized carbons (Fsp3) is 0.238. The fourth-order valence-corrected chi connectivity index (χ4v) is 3.67. The van der Waals surface area contributed by atoms with E-state index in [9.17, 15) is 9.59 Å². The molecule has 2 heterocycles. The highest BCUT2D eigenvalue weighted by molar-refractivity contribution is 6.03. The van der Waals surface area contributed by atoms with Crippen molar-refractivity contribution >= 4 is 28.4 Å². The second kappa shape index (κ2) is 6.33. The molecular formula is C21H21N3O2. The van der Waals surface area contributed by atoms with Crippen molar-refractivity contribution in [2.75, 3.05) is 18.0 Å². The number of piperazine rings is 1. The molecule has 1 fully saturated rings. The van der Waals surface area contributed by atoms with E-state index in [2.05, 4.69) is 4.98 Å². The van der Waals surface area contributed by atoms with Gasteiger partial charge < -0.3 is 14.8 Å². The second-order valence-electron chi connectivity index (χ2n) is 6.86. The zero-order valence-electron chi connectivity index (χ0n) is 14.9. The van der Waals surface area contributed by atoms with E-state index >= 15 is 0 Å². The maximum absolute atomic E-state index is 12.9. The van der Waals surface area contributed by atoms with E-state index in [1.54, 1.807) is 4.90 Å². The number of nitrogens with one attached hydrogen (secondary N) is 1. The zero-order valence-corrected chi connectivity index (χ0v) is 14.9. The monoisotopic (exact) mass is 347 g/mol. The third-order valence-corrected chi connectivity index (χ3v) is 4.98. The number of anilines is 1. The number of benzene rings is 2. The highest BCUT2D eigenvalue weighted by atomic mass is 16.2. The molecular weight excluding hydrogens is 326 g/mol. The van der Waals surface area contributed by atoms with Crippen LogP contribution in [0.25, 0.3) is 10.9 Å². The maximum Gasteiger partial charge on any atom is 0.254 e. The van der Waals surface area contributed by atoms with Gasteiger partial charge in [0.25, 0.3) is 5.91 Å². The van der Waals surface area contributed by atoms with Crippen LogP contribution in [0.4, 0.5) is 5.69 Å². The summed E-state index contributed by atoms with van der Waals surface area (Å²) in [5.41, 5.74) is 3.51. The van der Waals surface area contributed by atoms with Gasteiger partial charge >= 0.3 is 0 Å². The van der Waals surface area contributed by atoms with Crippen molar-refractivity contribution in [2.24, 2.45) is 0 Å². The molecule has 1 aliphatic heterocycles. The van der Waals surface area contributed by atoms with Gasteiger partial charge in [-0.15, -0.1) is 0 Å². The third-order valence-electron chi connectivity index (χ3n) is 4.98. The van der Waals surface area contributed by atoms with Gasteiger partial charge in [0.2, 0.25) is 5.91 Å². The molecule has 1 unspecified atom stereocenters. The summed E-state index contributed by atoms with van der Waals surface area (Å²) in [5.74, 6) is -0.154. The molecule has 5 heteroatoms. The number of fused-ring (bicyclic) bond motifs is 1. The van der Waals surface area contributed by atoms with Crippen molar-refractivity contribution in [3.8, 4) is 0 Å². The Kier molecular flexibility index (Phi) is 3.99. The van der Waals surface area contributed by atoms with Gasteiger partial charge in [-0.2, -0.15) is 0 Å². The minimum atomic E-state index is -0.105. The number of H-pyrrole nitrogens is 1. The molecule has 132 valence electrons. The number of amides is 2. The molecule has 0 bridgehead atoms. The van der Waals surface area contributed by atoms with Crippen LogP contribution in [0.2, 0.25) is 0 Å². The van der Waals surface area contributed by atoms with Gasteiger partial charge in [0.1, 0.15) is 6.54 Å². The Hall–Kier alpha value is -3.08. The normalized spacial score (nSPS) is 17.8. The minimum absolute atomic E-state index is 0.0487. The molecule has 2 aromatic carbocycles. The van der Waals surface area contributed by atoms with Crippen LogP contribution >= 0.6 is 0 Å². The maximum atomic E-state index is 12.9. The minimum Gasteiger partial charge on any atom is -0.361 e. The van der Waals surface area contributed by atoms with Gasteiger partial charge in [-0.25, -0.2) is 0 Å². The summed E-state index contributed by atoms with van der Waals surface area (Å²) in [5, 5.41) is 1.07. The molecule has 0 spiro atoms. The summed E-state index contributed by atoms with van der Waals surface area (Å²) in [7, 11) is 0. The number of carbonyl (C=O) groups is 2. The van der Waals surface area contributed by atoms with Gasteiger partial charge in [0.15, 0.2) is 0 Å². The van der Waals surface area contributed by atoms with E-state index in [1.165, 1.54) is 0 Å². The molecule has 1 atom stereocenters. The summed E-state index contributed by atoms with van der Waals surface area (Å²) in [6.07, 6.45) is 1.85. The van der Waals surface area contributed by atoms with E-state index in [0.29, 0.717) is 12.1 Å². The fourth-order valence-electron chi connectivity index (χ4n) is 3.67. The Labute approximate surface area is 152 Å². The molecule has 2 amide bonds. The first-order valence-corrected chi connectivity index (χ1v) is 8.78. The van der Waals surface area contributed by atoms with Crippen molar-refractivity contribution in [3.63, 3.8) is 0 Å². The van der Waals surface area contributed by atoms with Crippen molar-refractivity contribution in [1.82, 2.24) is 9.88 Å². The highest BCUT2D eigenvalue weighted by Gasteiger charge is 2.34. The summed E-state index contributed by atoms with van der Waals surface area (Å²) < 4.78 is 0. The van der Waals surface area contributed by atoms with Crippen LogP contribution < -0.4 is 4.90 Å². The van der Waals surface area contributed by atoms with E-state index < -0.39 is 0 Å². The first-order chi connectivity index (χ1) is 12.5. The first kappa shape index (κ1) is 16.4. The van der Waals surface area contributed by atoms with Crippen molar-refractivity contribution < 1.29 is 9.59 Å². The van der Waals surface area contributed by atoms with Crippen LogP contribution in [0, 0.1) is 6.92 Å². The lowest BCUT2D eigenvalue weighted by Gasteiger charge is -2.40. The number of hydrogen-bond acceptors (Lipinski definition) is 2. The summed E-state index contributed by atoms with van der Waals surface area (Å²) in [4.78, 5) is 32.3. The molecule has 1 aromatic heterocycles. The Morgan fingerprint density at radius 2 is 1.96 bits per heavy atom. The van der Waals surface area contributed by atoms with E-state index in [1.807, 2.05) is 73.5 Å². The van der Waals surface area contributed by atoms with Crippen molar-refractivity contribution in [3.05, 3.63) is 65.9 Å². The largest absolute Gasteiger partial charge is 0.361 e. The molecule has 0 saturated carbocycles. The Bertz CT molecular complexity index is 992. The molecule has 1 aliphatic rings. The van der Waals surface area contributed by atoms with Crippen molar-refractivity contribution in [1.29, 1.82) is 0 Å². The third kappa shape index (κ3) is 2.75. The van der Waals surface area contributed by atoms with E-state index in [-0.39, 0.29) is 24.4 Å². The smallest absolute Gasteiger partial charge is 0.254 e. The SMILES string of the molecule is Cc1ccccc1N1C(=O)CN(C(=O)c2ccc3cc[nH]c3c2)CC1C. The average Bonchev–Trinajstić information content (AvgIpc) is 3.09. The quantitative estimate of drug-likeness (QED) is 0.773. The number of aromatic amines is 1. The number of nitrogens with zero attached hydrogens (tertiary/aromatic N) is 2. The number of aromatic nitrogens is 1. The predicted octanol–water partition coefficient (Wildman–Crippen LogP) is 3.35. The lowest BCUT2D eigenvalue weighted by Crippen LogP contribution is -2.57. The first-order valence-electron chi connectivity index (χ1n) is 8.78. The van der Waals surface area contributed by atoms with Crippen LogP contribution in [0.1, 0.15) is 22.8 Å². The summed E-state index contributed by atoms with van der Waals surface area (Å²) >= 11 is 0. The summed E-state index contributed by atoms with van der Waals surface area (Å²) in [6, 6.07) is 15.3. The molecule has 1 saturated heterocycles. The van der Waals surface area contributed by atoms with Crippen LogP contribution in [-0.4, -0.2) is 40.8 Å². The Morgan fingerprint density at radius 1 is 1.15 bits per heavy atom. The lowest BCUT2D eigenvalue weighted by molar-refractivity contribution is -0.121. The van der Waals surface area contributed by atoms with Crippen LogP contribution in [0.15, 0.2) is 54.7 Å². The molecule has 4 rings (SSSR count). The van der Waals surface area contributed by atoms with Gasteiger partial charge in [-0.05, 0) is 49.1 Å². The number of carbonyl (C=O) groups excluding carboxylic acids is 2. The highest BCUT2D eigenvalue weighted by Crippen LogP contribution is 2.26. The Balaban J connectivity index is 1.58. The number of hydrogen-bond donors (Lipinski definition) is 1. The van der Waals surface area contributed by atoms with Crippen LogP contribution in [0.3, 0.4) is 0 Å². The second-order valence-corrected chi connectivity index (χ2v) is 6.86. The molecule has 3 aromatic rings. The van der Waals surface area contributed by atoms with Crippen molar-refractivity contribution in [2.45, 2.75) is 19.9 Å².